The summed E-state index contributed by atoms with van der Waals surface area (Å²) in [5.74, 6) is -0.0253. The summed E-state index contributed by atoms with van der Waals surface area (Å²) in [5.41, 5.74) is 0.825. The highest BCUT2D eigenvalue weighted by Crippen LogP contribution is 2.08. The van der Waals surface area contributed by atoms with E-state index in [2.05, 4.69) is 5.32 Å². The lowest BCUT2D eigenvalue weighted by Gasteiger charge is -2.07. The Hall–Kier alpha value is -2.12. The van der Waals surface area contributed by atoms with E-state index in [1.807, 2.05) is 29.1 Å². The van der Waals surface area contributed by atoms with Gasteiger partial charge in [0.25, 0.3) is 0 Å². The average molecular weight is 321 g/mol. The molecule has 3 N–H and O–H groups in total. The van der Waals surface area contributed by atoms with Gasteiger partial charge in [0.1, 0.15) is 0 Å². The lowest BCUT2D eigenvalue weighted by Crippen LogP contribution is -2.22. The molecule has 1 aromatic carbocycles. The summed E-state index contributed by atoms with van der Waals surface area (Å²) in [6.45, 7) is 1.18. The first-order valence-electron chi connectivity index (χ1n) is 6.94. The van der Waals surface area contributed by atoms with Crippen LogP contribution in [0.4, 0.5) is 0 Å². The van der Waals surface area contributed by atoms with Crippen molar-refractivity contribution >= 4 is 15.9 Å². The second kappa shape index (κ2) is 7.24. The minimum Gasteiger partial charge on any atom is -0.354 e. The Morgan fingerprint density at radius 2 is 1.77 bits per heavy atom. The Bertz CT molecular complexity index is 707. The molecule has 7 heteroatoms. The van der Waals surface area contributed by atoms with Crippen LogP contribution in [0.5, 0.6) is 0 Å². The van der Waals surface area contributed by atoms with E-state index in [1.165, 1.54) is 12.1 Å². The van der Waals surface area contributed by atoms with Gasteiger partial charge in [-0.1, -0.05) is 12.1 Å². The third kappa shape index (κ3) is 5.01. The number of benzene rings is 1. The maximum absolute atomic E-state index is 11.7. The Kier molecular flexibility index (Phi) is 5.35. The van der Waals surface area contributed by atoms with Crippen LogP contribution in [0.3, 0.4) is 0 Å². The topological polar surface area (TPSA) is 94.2 Å². The number of sulfonamides is 1. The number of nitrogens with one attached hydrogen (secondary N) is 1. The fraction of sp³-hybridized carbons (Fsp3) is 0.267. The maximum atomic E-state index is 11.7. The van der Waals surface area contributed by atoms with Crippen molar-refractivity contribution in [2.24, 2.45) is 5.14 Å². The van der Waals surface area contributed by atoms with Gasteiger partial charge < -0.3 is 9.88 Å². The van der Waals surface area contributed by atoms with Crippen LogP contribution in [0.15, 0.2) is 53.7 Å². The molecule has 2 aromatic rings. The van der Waals surface area contributed by atoms with Gasteiger partial charge in [-0.2, -0.15) is 0 Å². The molecular formula is C15H19N3O3S. The molecule has 0 aliphatic carbocycles. The summed E-state index contributed by atoms with van der Waals surface area (Å²) in [7, 11) is -3.67. The number of amides is 1. The molecule has 1 heterocycles. The van der Waals surface area contributed by atoms with E-state index >= 15 is 0 Å². The molecule has 0 fully saturated rings. The first-order chi connectivity index (χ1) is 10.4. The number of rotatable bonds is 7. The number of nitrogens with two attached hydrogens (primary N) is 1. The number of nitrogens with zero attached hydrogens (tertiary/aromatic N) is 1. The summed E-state index contributed by atoms with van der Waals surface area (Å²) in [5, 5.41) is 7.83. The molecule has 0 unspecified atom stereocenters. The van der Waals surface area contributed by atoms with E-state index in [9.17, 15) is 13.2 Å². The van der Waals surface area contributed by atoms with Crippen molar-refractivity contribution in [1.82, 2.24) is 9.88 Å². The van der Waals surface area contributed by atoms with Gasteiger partial charge in [-0.05, 0) is 36.2 Å². The first-order valence-corrected chi connectivity index (χ1v) is 8.49. The number of hydrogen-bond acceptors (Lipinski definition) is 3. The van der Waals surface area contributed by atoms with E-state index in [0.29, 0.717) is 13.0 Å². The van der Waals surface area contributed by atoms with Gasteiger partial charge in [0.05, 0.1) is 4.90 Å². The monoisotopic (exact) mass is 321 g/mol. The van der Waals surface area contributed by atoms with Gasteiger partial charge in [-0.3, -0.25) is 4.79 Å². The first kappa shape index (κ1) is 16.3. The fourth-order valence-corrected chi connectivity index (χ4v) is 2.54. The van der Waals surface area contributed by atoms with Crippen LogP contribution in [0.1, 0.15) is 18.4 Å². The summed E-state index contributed by atoms with van der Waals surface area (Å²) in [6.07, 6.45) is 5.15. The van der Waals surface area contributed by atoms with Crippen molar-refractivity contribution in [2.45, 2.75) is 30.8 Å². The van der Waals surface area contributed by atoms with E-state index in [0.717, 1.165) is 18.5 Å². The van der Waals surface area contributed by atoms with Crippen molar-refractivity contribution in [3.63, 3.8) is 0 Å². The van der Waals surface area contributed by atoms with Crippen LogP contribution >= 0.6 is 0 Å². The lowest BCUT2D eigenvalue weighted by atomic mass is 10.2. The highest BCUT2D eigenvalue weighted by atomic mass is 32.2. The maximum Gasteiger partial charge on any atom is 0.238 e. The van der Waals surface area contributed by atoms with Gasteiger partial charge in [0.15, 0.2) is 0 Å². The molecule has 118 valence electrons. The zero-order valence-electron chi connectivity index (χ0n) is 12.1. The van der Waals surface area contributed by atoms with Crippen LogP contribution in [-0.2, 0) is 27.9 Å². The van der Waals surface area contributed by atoms with Gasteiger partial charge in [0, 0.05) is 31.9 Å². The SMILES string of the molecule is NS(=O)(=O)c1ccc(CNC(=O)CCCn2cccc2)cc1. The van der Waals surface area contributed by atoms with Crippen LogP contribution in [-0.4, -0.2) is 18.9 Å². The van der Waals surface area contributed by atoms with Crippen molar-refractivity contribution in [1.29, 1.82) is 0 Å². The van der Waals surface area contributed by atoms with Crippen molar-refractivity contribution in [3.8, 4) is 0 Å². The average Bonchev–Trinajstić information content (AvgIpc) is 2.98. The molecule has 1 amide bonds. The van der Waals surface area contributed by atoms with Crippen LogP contribution in [0.2, 0.25) is 0 Å². The van der Waals surface area contributed by atoms with Crippen LogP contribution in [0.25, 0.3) is 0 Å². The molecule has 0 saturated carbocycles. The number of aromatic nitrogens is 1. The number of carbonyl (C=O) groups excluding carboxylic acids is 1. The normalized spacial score (nSPS) is 11.3. The fourth-order valence-electron chi connectivity index (χ4n) is 2.03. The molecule has 0 saturated heterocycles. The Morgan fingerprint density at radius 1 is 1.14 bits per heavy atom. The van der Waals surface area contributed by atoms with E-state index in [-0.39, 0.29) is 10.8 Å². The predicted octanol–water partition coefficient (Wildman–Crippen LogP) is 1.23. The highest BCUT2D eigenvalue weighted by Gasteiger charge is 2.07. The minimum absolute atomic E-state index is 0.0253. The largest absolute Gasteiger partial charge is 0.354 e. The summed E-state index contributed by atoms with van der Waals surface area (Å²) in [6, 6.07) is 10.0. The second-order valence-electron chi connectivity index (χ2n) is 4.99. The molecule has 0 atom stereocenters. The molecule has 6 nitrogen and oxygen atoms in total. The minimum atomic E-state index is -3.67. The molecular weight excluding hydrogens is 302 g/mol. The summed E-state index contributed by atoms with van der Waals surface area (Å²) in [4.78, 5) is 11.8. The molecule has 0 bridgehead atoms. The number of carbonyl (C=O) groups is 1. The molecule has 1 aromatic heterocycles. The van der Waals surface area contributed by atoms with Gasteiger partial charge >= 0.3 is 0 Å². The van der Waals surface area contributed by atoms with Crippen molar-refractivity contribution in [3.05, 3.63) is 54.4 Å². The number of aryl methyl sites for hydroxylation is 1. The summed E-state index contributed by atoms with van der Waals surface area (Å²) < 4.78 is 24.3. The zero-order valence-corrected chi connectivity index (χ0v) is 12.9. The standard InChI is InChI=1S/C15H19N3O3S/c16-22(20,21)14-7-5-13(6-8-14)12-17-15(19)4-3-11-18-9-1-2-10-18/h1-2,5-10H,3-4,11-12H2,(H,17,19)(H2,16,20,21). The number of primary sulfonamides is 1. The quantitative estimate of drug-likeness (QED) is 0.803. The van der Waals surface area contributed by atoms with E-state index in [1.54, 1.807) is 12.1 Å². The van der Waals surface area contributed by atoms with E-state index < -0.39 is 10.0 Å². The Balaban J connectivity index is 1.74. The molecule has 2 rings (SSSR count). The van der Waals surface area contributed by atoms with E-state index in [4.69, 9.17) is 5.14 Å². The van der Waals surface area contributed by atoms with Crippen LogP contribution in [0, 0.1) is 0 Å². The molecule has 0 aliphatic rings. The Morgan fingerprint density at radius 3 is 2.36 bits per heavy atom. The molecule has 0 spiro atoms. The molecule has 22 heavy (non-hydrogen) atoms. The predicted molar refractivity (Wildman–Crippen MR) is 83.3 cm³/mol. The van der Waals surface area contributed by atoms with Gasteiger partial charge in [0.2, 0.25) is 15.9 Å². The van der Waals surface area contributed by atoms with Crippen molar-refractivity contribution < 1.29 is 13.2 Å². The molecule has 0 radical (unpaired) electrons. The van der Waals surface area contributed by atoms with Crippen molar-refractivity contribution in [2.75, 3.05) is 0 Å². The lowest BCUT2D eigenvalue weighted by molar-refractivity contribution is -0.121. The Labute approximate surface area is 130 Å². The summed E-state index contributed by atoms with van der Waals surface area (Å²) >= 11 is 0. The molecule has 0 aliphatic heterocycles. The van der Waals surface area contributed by atoms with Gasteiger partial charge in [-0.25, -0.2) is 13.6 Å². The third-order valence-electron chi connectivity index (χ3n) is 3.23. The highest BCUT2D eigenvalue weighted by molar-refractivity contribution is 7.89. The third-order valence-corrected chi connectivity index (χ3v) is 4.16. The van der Waals surface area contributed by atoms with Crippen LogP contribution < -0.4 is 10.5 Å². The smallest absolute Gasteiger partial charge is 0.238 e. The second-order valence-corrected chi connectivity index (χ2v) is 6.55. The van der Waals surface area contributed by atoms with Gasteiger partial charge in [-0.15, -0.1) is 0 Å². The zero-order chi connectivity index (χ0) is 16.0. The number of hydrogen-bond donors (Lipinski definition) is 2.